The van der Waals surface area contributed by atoms with Crippen LogP contribution in [0.15, 0.2) is 54.7 Å². The van der Waals surface area contributed by atoms with E-state index in [9.17, 15) is 4.79 Å². The van der Waals surface area contributed by atoms with E-state index in [1.54, 1.807) is 6.07 Å². The van der Waals surface area contributed by atoms with E-state index in [4.69, 9.17) is 5.11 Å². The number of hydrogen-bond donors (Lipinski definition) is 1. The number of nitrogens with zero attached hydrogens (tertiary/aromatic N) is 2. The zero-order valence-electron chi connectivity index (χ0n) is 13.8. The SMILES string of the molecule is O=C(O)c1cc2cccc3c2n1CC3.c1cc2c3c(c1)ccn3CC2. The molecule has 2 aromatic carbocycles. The number of carboxylic acids is 1. The molecular weight excluding hydrogens is 312 g/mol. The van der Waals surface area contributed by atoms with Crippen molar-refractivity contribution >= 4 is 27.8 Å². The van der Waals surface area contributed by atoms with E-state index in [0.717, 1.165) is 23.9 Å². The highest BCUT2D eigenvalue weighted by Gasteiger charge is 2.20. The molecule has 4 heteroatoms. The molecule has 0 spiro atoms. The second-order valence-electron chi connectivity index (χ2n) is 6.71. The maximum atomic E-state index is 11.0. The lowest BCUT2D eigenvalue weighted by atomic mass is 10.1. The smallest absolute Gasteiger partial charge is 0.352 e. The van der Waals surface area contributed by atoms with Crippen molar-refractivity contribution in [3.05, 3.63) is 71.5 Å². The minimum absolute atomic E-state index is 0.407. The summed E-state index contributed by atoms with van der Waals surface area (Å²) in [6.07, 6.45) is 4.35. The summed E-state index contributed by atoms with van der Waals surface area (Å²) in [7, 11) is 0. The van der Waals surface area contributed by atoms with Crippen LogP contribution in [0.4, 0.5) is 0 Å². The van der Waals surface area contributed by atoms with Crippen molar-refractivity contribution < 1.29 is 9.90 Å². The number of carboxylic acid groups (broad SMARTS) is 1. The topological polar surface area (TPSA) is 47.2 Å². The molecule has 2 aliphatic rings. The van der Waals surface area contributed by atoms with Gasteiger partial charge >= 0.3 is 5.97 Å². The van der Waals surface area contributed by atoms with Gasteiger partial charge in [0.25, 0.3) is 0 Å². The lowest BCUT2D eigenvalue weighted by Crippen LogP contribution is -2.05. The van der Waals surface area contributed by atoms with Gasteiger partial charge in [-0.1, -0.05) is 36.4 Å². The number of aromatic nitrogens is 2. The predicted octanol–water partition coefficient (Wildman–Crippen LogP) is 4.09. The molecule has 0 atom stereocenters. The summed E-state index contributed by atoms with van der Waals surface area (Å²) < 4.78 is 4.23. The second kappa shape index (κ2) is 5.24. The van der Waals surface area contributed by atoms with E-state index in [-0.39, 0.29) is 0 Å². The van der Waals surface area contributed by atoms with Gasteiger partial charge in [0.05, 0.1) is 11.0 Å². The molecule has 0 saturated carbocycles. The van der Waals surface area contributed by atoms with Gasteiger partial charge in [-0.05, 0) is 41.5 Å². The van der Waals surface area contributed by atoms with Gasteiger partial charge in [-0.25, -0.2) is 4.79 Å². The molecule has 0 saturated heterocycles. The van der Waals surface area contributed by atoms with Crippen LogP contribution >= 0.6 is 0 Å². The van der Waals surface area contributed by atoms with Gasteiger partial charge in [0.2, 0.25) is 0 Å². The Balaban J connectivity index is 0.000000115. The number of aromatic carboxylic acids is 1. The lowest BCUT2D eigenvalue weighted by Gasteiger charge is -1.98. The number of hydrogen-bond acceptors (Lipinski definition) is 1. The normalized spacial score (nSPS) is 14.1. The Labute approximate surface area is 144 Å². The molecular formula is C21H18N2O2. The summed E-state index contributed by atoms with van der Waals surface area (Å²) in [6, 6.07) is 16.5. The Morgan fingerprint density at radius 2 is 1.60 bits per heavy atom. The first-order chi connectivity index (χ1) is 12.2. The van der Waals surface area contributed by atoms with Gasteiger partial charge in [-0.3, -0.25) is 0 Å². The second-order valence-corrected chi connectivity index (χ2v) is 6.71. The molecule has 6 rings (SSSR count). The van der Waals surface area contributed by atoms with Crippen LogP contribution in [0.2, 0.25) is 0 Å². The van der Waals surface area contributed by atoms with Gasteiger partial charge in [-0.2, -0.15) is 0 Å². The van der Waals surface area contributed by atoms with Crippen LogP contribution in [-0.4, -0.2) is 20.2 Å². The summed E-state index contributed by atoms with van der Waals surface area (Å²) in [4.78, 5) is 11.0. The van der Waals surface area contributed by atoms with Gasteiger partial charge in [0.15, 0.2) is 0 Å². The Kier molecular flexibility index (Phi) is 3.01. The third-order valence-electron chi connectivity index (χ3n) is 5.32. The van der Waals surface area contributed by atoms with Crippen LogP contribution in [0.5, 0.6) is 0 Å². The molecule has 4 aromatic rings. The van der Waals surface area contributed by atoms with Crippen molar-refractivity contribution in [2.45, 2.75) is 25.9 Å². The van der Waals surface area contributed by atoms with E-state index < -0.39 is 5.97 Å². The molecule has 0 fully saturated rings. The van der Waals surface area contributed by atoms with E-state index in [1.807, 2.05) is 16.7 Å². The first kappa shape index (κ1) is 14.3. The van der Waals surface area contributed by atoms with E-state index >= 15 is 0 Å². The third kappa shape index (κ3) is 2.10. The predicted molar refractivity (Wildman–Crippen MR) is 98.2 cm³/mol. The van der Waals surface area contributed by atoms with Crippen LogP contribution in [0.1, 0.15) is 21.6 Å². The van der Waals surface area contributed by atoms with Crippen molar-refractivity contribution in [2.24, 2.45) is 0 Å². The summed E-state index contributed by atoms with van der Waals surface area (Å²) >= 11 is 0. The molecule has 2 aromatic heterocycles. The van der Waals surface area contributed by atoms with Gasteiger partial charge in [0.1, 0.15) is 5.69 Å². The summed E-state index contributed by atoms with van der Waals surface area (Å²) in [6.45, 7) is 1.97. The van der Waals surface area contributed by atoms with Gasteiger partial charge < -0.3 is 14.2 Å². The largest absolute Gasteiger partial charge is 0.477 e. The molecule has 25 heavy (non-hydrogen) atoms. The fraction of sp³-hybridized carbons (Fsp3) is 0.190. The molecule has 1 N–H and O–H groups in total. The van der Waals surface area contributed by atoms with Crippen molar-refractivity contribution in [1.82, 2.24) is 9.13 Å². The van der Waals surface area contributed by atoms with Crippen molar-refractivity contribution in [1.29, 1.82) is 0 Å². The van der Waals surface area contributed by atoms with Crippen molar-refractivity contribution in [3.8, 4) is 0 Å². The maximum Gasteiger partial charge on any atom is 0.352 e. The van der Waals surface area contributed by atoms with Crippen LogP contribution in [0.3, 0.4) is 0 Å². The number of para-hydroxylation sites is 2. The maximum absolute atomic E-state index is 11.0. The molecule has 0 amide bonds. The van der Waals surface area contributed by atoms with E-state index in [1.165, 1.54) is 35.0 Å². The first-order valence-corrected chi connectivity index (χ1v) is 8.63. The molecule has 124 valence electrons. The van der Waals surface area contributed by atoms with Crippen LogP contribution in [-0.2, 0) is 25.9 Å². The van der Waals surface area contributed by atoms with Crippen LogP contribution in [0.25, 0.3) is 21.8 Å². The first-order valence-electron chi connectivity index (χ1n) is 8.63. The Hall–Kier alpha value is -3.01. The van der Waals surface area contributed by atoms with Crippen molar-refractivity contribution in [3.63, 3.8) is 0 Å². The zero-order valence-corrected chi connectivity index (χ0v) is 13.8. The summed E-state index contributed by atoms with van der Waals surface area (Å²) in [5, 5.41) is 11.4. The molecule has 4 nitrogen and oxygen atoms in total. The number of rotatable bonds is 1. The third-order valence-corrected chi connectivity index (χ3v) is 5.32. The van der Waals surface area contributed by atoms with Gasteiger partial charge in [0, 0.05) is 24.7 Å². The zero-order chi connectivity index (χ0) is 17.0. The summed E-state index contributed by atoms with van der Waals surface area (Å²) in [5.74, 6) is -0.839. The number of carbonyl (C=O) groups is 1. The number of benzene rings is 2. The highest BCUT2D eigenvalue weighted by atomic mass is 16.4. The van der Waals surface area contributed by atoms with Gasteiger partial charge in [-0.15, -0.1) is 0 Å². The summed E-state index contributed by atoms with van der Waals surface area (Å²) in [5.41, 5.74) is 5.73. The average molecular weight is 330 g/mol. The van der Waals surface area contributed by atoms with Crippen molar-refractivity contribution in [2.75, 3.05) is 0 Å². The quantitative estimate of drug-likeness (QED) is 0.571. The fourth-order valence-electron chi connectivity index (χ4n) is 4.22. The molecule has 0 aliphatic carbocycles. The van der Waals surface area contributed by atoms with E-state index in [0.29, 0.717) is 5.69 Å². The fourth-order valence-corrected chi connectivity index (χ4v) is 4.22. The minimum atomic E-state index is -0.839. The van der Waals surface area contributed by atoms with Crippen LogP contribution in [0, 0.1) is 0 Å². The highest BCUT2D eigenvalue weighted by molar-refractivity contribution is 5.96. The molecule has 4 heterocycles. The standard InChI is InChI=1S/C11H9NO2.C10H9N/c13-11(14)9-6-8-3-1-2-7-4-5-12(9)10(7)8;1-2-8-4-6-11-7-5-9(3-1)10(8)11/h1-3,6H,4-5H2,(H,13,14);1-4,6H,5,7H2. The van der Waals surface area contributed by atoms with Crippen LogP contribution < -0.4 is 0 Å². The lowest BCUT2D eigenvalue weighted by molar-refractivity contribution is 0.0686. The average Bonchev–Trinajstić information content (AvgIpc) is 3.38. The Morgan fingerprint density at radius 3 is 2.40 bits per heavy atom. The number of aryl methyl sites for hydroxylation is 4. The van der Waals surface area contributed by atoms with E-state index in [2.05, 4.69) is 41.1 Å². The molecule has 0 bridgehead atoms. The Morgan fingerprint density at radius 1 is 0.880 bits per heavy atom. The molecule has 0 unspecified atom stereocenters. The molecule has 2 aliphatic heterocycles. The molecule has 0 radical (unpaired) electrons. The highest BCUT2D eigenvalue weighted by Crippen LogP contribution is 2.29. The monoisotopic (exact) mass is 330 g/mol. The Bertz CT molecular complexity index is 1130. The minimum Gasteiger partial charge on any atom is -0.477 e.